The lowest BCUT2D eigenvalue weighted by molar-refractivity contribution is -0.387. The van der Waals surface area contributed by atoms with E-state index >= 15 is 0 Å². The van der Waals surface area contributed by atoms with E-state index in [9.17, 15) is 23.7 Å². The molecule has 8 heteroatoms. The summed E-state index contributed by atoms with van der Waals surface area (Å²) in [6.07, 6.45) is 2.74. The van der Waals surface area contributed by atoms with E-state index in [1.54, 1.807) is 0 Å². The maximum absolute atomic E-state index is 13.8. The van der Waals surface area contributed by atoms with Crippen molar-refractivity contribution in [2.45, 2.75) is 0 Å². The fraction of sp³-hybridized carbons (Fsp3) is 0. The summed E-state index contributed by atoms with van der Waals surface area (Å²) in [6.45, 7) is 0. The number of rotatable bonds is 3. The molecule has 20 heavy (non-hydrogen) atoms. The number of pyridine rings is 1. The van der Waals surface area contributed by atoms with Crippen molar-refractivity contribution in [3.05, 3.63) is 64.0 Å². The summed E-state index contributed by atoms with van der Waals surface area (Å²) in [5.74, 6) is -3.81. The molecule has 0 saturated heterocycles. The fourth-order valence-corrected chi connectivity index (χ4v) is 1.52. The first-order valence-electron chi connectivity index (χ1n) is 5.34. The average Bonchev–Trinajstić information content (AvgIpc) is 2.39. The number of hydrogen-bond donors (Lipinski definition) is 1. The molecule has 6 nitrogen and oxygen atoms in total. The molecule has 0 aliphatic rings. The Morgan fingerprint density at radius 1 is 1.20 bits per heavy atom. The number of nitro benzene ring substituents is 1. The normalized spacial score (nSPS) is 10.1. The highest BCUT2D eigenvalue weighted by Gasteiger charge is 2.26. The van der Waals surface area contributed by atoms with E-state index < -0.39 is 33.7 Å². The first-order valence-corrected chi connectivity index (χ1v) is 5.34. The maximum Gasteiger partial charge on any atom is 0.305 e. The minimum absolute atomic E-state index is 0.260. The van der Waals surface area contributed by atoms with Gasteiger partial charge < -0.3 is 5.32 Å². The number of benzene rings is 1. The van der Waals surface area contributed by atoms with Crippen molar-refractivity contribution >= 4 is 17.3 Å². The van der Waals surface area contributed by atoms with Crippen LogP contribution >= 0.6 is 0 Å². The lowest BCUT2D eigenvalue weighted by Gasteiger charge is -2.06. The van der Waals surface area contributed by atoms with Gasteiger partial charge in [-0.15, -0.1) is 0 Å². The van der Waals surface area contributed by atoms with Gasteiger partial charge in [-0.25, -0.2) is 4.39 Å². The number of amides is 1. The van der Waals surface area contributed by atoms with Gasteiger partial charge in [0.15, 0.2) is 0 Å². The second kappa shape index (κ2) is 5.39. The third kappa shape index (κ3) is 2.58. The number of hydrogen-bond acceptors (Lipinski definition) is 4. The zero-order valence-corrected chi connectivity index (χ0v) is 9.84. The Hall–Kier alpha value is -2.90. The van der Waals surface area contributed by atoms with Gasteiger partial charge in [0.1, 0.15) is 11.4 Å². The molecule has 0 fully saturated rings. The minimum Gasteiger partial charge on any atom is -0.322 e. The molecule has 1 heterocycles. The number of anilines is 1. The van der Waals surface area contributed by atoms with Gasteiger partial charge >= 0.3 is 5.69 Å². The van der Waals surface area contributed by atoms with E-state index in [-0.39, 0.29) is 5.69 Å². The molecular formula is C12H7F2N3O3. The molecule has 102 valence electrons. The third-order valence-electron chi connectivity index (χ3n) is 2.43. The van der Waals surface area contributed by atoms with Crippen LogP contribution in [-0.2, 0) is 0 Å². The maximum atomic E-state index is 13.8. The Morgan fingerprint density at radius 2 is 1.85 bits per heavy atom. The molecule has 0 aliphatic heterocycles. The lowest BCUT2D eigenvalue weighted by atomic mass is 10.1. The molecular weight excluding hydrogens is 272 g/mol. The molecule has 1 aromatic carbocycles. The number of nitrogens with zero attached hydrogens (tertiary/aromatic N) is 2. The molecule has 0 unspecified atom stereocenters. The number of carbonyl (C=O) groups excluding carboxylic acids is 1. The van der Waals surface area contributed by atoms with Crippen LogP contribution in [0, 0.1) is 21.7 Å². The van der Waals surface area contributed by atoms with Crippen LogP contribution in [0.4, 0.5) is 20.2 Å². The summed E-state index contributed by atoms with van der Waals surface area (Å²) in [7, 11) is 0. The summed E-state index contributed by atoms with van der Waals surface area (Å²) < 4.78 is 27.3. The topological polar surface area (TPSA) is 85.1 Å². The standard InChI is InChI=1S/C12H7F2N3O3/c13-8-1-2-9(17(19)20)11(14)10(8)12(18)16-7-3-5-15-6-4-7/h1-6H,(H,15,16,18). The largest absolute Gasteiger partial charge is 0.322 e. The molecule has 1 aromatic heterocycles. The van der Waals surface area contributed by atoms with Gasteiger partial charge in [0.05, 0.1) is 4.92 Å². The molecule has 0 radical (unpaired) electrons. The predicted molar refractivity (Wildman–Crippen MR) is 65.2 cm³/mol. The van der Waals surface area contributed by atoms with E-state index in [0.29, 0.717) is 12.1 Å². The molecule has 0 saturated carbocycles. The van der Waals surface area contributed by atoms with Gasteiger partial charge in [-0.1, -0.05) is 0 Å². The quantitative estimate of drug-likeness (QED) is 0.691. The number of carbonyl (C=O) groups is 1. The van der Waals surface area contributed by atoms with E-state index in [4.69, 9.17) is 0 Å². The van der Waals surface area contributed by atoms with Crippen LogP contribution in [0.2, 0.25) is 0 Å². The molecule has 0 aliphatic carbocycles. The predicted octanol–water partition coefficient (Wildman–Crippen LogP) is 2.52. The van der Waals surface area contributed by atoms with Crippen molar-refractivity contribution in [2.75, 3.05) is 5.32 Å². The van der Waals surface area contributed by atoms with Gasteiger partial charge in [-0.05, 0) is 18.2 Å². The molecule has 2 rings (SSSR count). The van der Waals surface area contributed by atoms with Crippen molar-refractivity contribution in [3.63, 3.8) is 0 Å². The number of aromatic nitrogens is 1. The van der Waals surface area contributed by atoms with Gasteiger partial charge in [-0.3, -0.25) is 19.9 Å². The number of nitro groups is 1. The van der Waals surface area contributed by atoms with Crippen LogP contribution in [0.1, 0.15) is 10.4 Å². The van der Waals surface area contributed by atoms with Gasteiger partial charge in [0.25, 0.3) is 5.91 Å². The molecule has 0 atom stereocenters. The molecule has 1 amide bonds. The van der Waals surface area contributed by atoms with Crippen molar-refractivity contribution < 1.29 is 18.5 Å². The van der Waals surface area contributed by atoms with Gasteiger partial charge in [0, 0.05) is 24.1 Å². The number of nitrogens with one attached hydrogen (secondary N) is 1. The van der Waals surface area contributed by atoms with Crippen LogP contribution in [-0.4, -0.2) is 15.8 Å². The van der Waals surface area contributed by atoms with Gasteiger partial charge in [-0.2, -0.15) is 4.39 Å². The summed E-state index contributed by atoms with van der Waals surface area (Å²) in [4.78, 5) is 25.0. The summed E-state index contributed by atoms with van der Waals surface area (Å²) in [6, 6.07) is 4.15. The van der Waals surface area contributed by atoms with E-state index in [1.807, 2.05) is 0 Å². The zero-order valence-electron chi connectivity index (χ0n) is 9.84. The zero-order chi connectivity index (χ0) is 14.7. The van der Waals surface area contributed by atoms with Crippen molar-refractivity contribution in [1.29, 1.82) is 0 Å². The van der Waals surface area contributed by atoms with E-state index in [2.05, 4.69) is 10.3 Å². The van der Waals surface area contributed by atoms with Crippen LogP contribution in [0.3, 0.4) is 0 Å². The van der Waals surface area contributed by atoms with E-state index in [1.165, 1.54) is 24.5 Å². The highest BCUT2D eigenvalue weighted by atomic mass is 19.1. The number of halogens is 2. The Bertz CT molecular complexity index is 677. The van der Waals surface area contributed by atoms with Crippen LogP contribution in [0.15, 0.2) is 36.7 Å². The second-order valence-electron chi connectivity index (χ2n) is 3.70. The highest BCUT2D eigenvalue weighted by molar-refractivity contribution is 6.05. The Kier molecular flexibility index (Phi) is 3.65. The summed E-state index contributed by atoms with van der Waals surface area (Å²) >= 11 is 0. The lowest BCUT2D eigenvalue weighted by Crippen LogP contribution is -2.16. The minimum atomic E-state index is -1.51. The Balaban J connectivity index is 2.39. The highest BCUT2D eigenvalue weighted by Crippen LogP contribution is 2.23. The Morgan fingerprint density at radius 3 is 2.45 bits per heavy atom. The molecule has 2 aromatic rings. The molecule has 0 spiro atoms. The fourth-order valence-electron chi connectivity index (χ4n) is 1.52. The smallest absolute Gasteiger partial charge is 0.305 e. The van der Waals surface area contributed by atoms with E-state index in [0.717, 1.165) is 0 Å². The third-order valence-corrected chi connectivity index (χ3v) is 2.43. The van der Waals surface area contributed by atoms with Crippen LogP contribution < -0.4 is 5.32 Å². The van der Waals surface area contributed by atoms with Crippen molar-refractivity contribution in [3.8, 4) is 0 Å². The summed E-state index contributed by atoms with van der Waals surface area (Å²) in [5.41, 5.74) is -1.71. The second-order valence-corrected chi connectivity index (χ2v) is 3.70. The SMILES string of the molecule is O=C(Nc1ccncc1)c1c(F)ccc([N+](=O)[O-])c1F. The average molecular weight is 279 g/mol. The van der Waals surface area contributed by atoms with Gasteiger partial charge in [0.2, 0.25) is 5.82 Å². The van der Waals surface area contributed by atoms with Crippen molar-refractivity contribution in [2.24, 2.45) is 0 Å². The van der Waals surface area contributed by atoms with Crippen LogP contribution in [0.5, 0.6) is 0 Å². The first kappa shape index (κ1) is 13.5. The molecule has 0 bridgehead atoms. The monoisotopic (exact) mass is 279 g/mol. The first-order chi connectivity index (χ1) is 9.50. The summed E-state index contributed by atoms with van der Waals surface area (Å²) in [5, 5.41) is 12.8. The van der Waals surface area contributed by atoms with Crippen molar-refractivity contribution in [1.82, 2.24) is 4.98 Å². The van der Waals surface area contributed by atoms with Crippen LogP contribution in [0.25, 0.3) is 0 Å². The molecule has 1 N–H and O–H groups in total. The Labute approximate surface area is 111 Å².